The van der Waals surface area contributed by atoms with Crippen molar-refractivity contribution < 1.29 is 14.1 Å². The molecule has 0 atom stereocenters. The Kier molecular flexibility index (Phi) is 6.22. The average molecular weight is 396 g/mol. The third kappa shape index (κ3) is 4.66. The highest BCUT2D eigenvalue weighted by atomic mass is 16.5. The van der Waals surface area contributed by atoms with Crippen molar-refractivity contribution in [2.45, 2.75) is 76.3 Å². The van der Waals surface area contributed by atoms with E-state index in [1.54, 1.807) is 24.4 Å². The molecule has 7 nitrogen and oxygen atoms in total. The lowest BCUT2D eigenvalue weighted by Gasteiger charge is -2.41. The van der Waals surface area contributed by atoms with Crippen LogP contribution in [0.5, 0.6) is 0 Å². The number of nitrogens with one attached hydrogen (secondary N) is 1. The normalized spacial score (nSPS) is 18.3. The van der Waals surface area contributed by atoms with Crippen LogP contribution in [0.3, 0.4) is 0 Å². The number of pyridine rings is 1. The smallest absolute Gasteiger partial charge is 0.292 e. The van der Waals surface area contributed by atoms with Crippen molar-refractivity contribution in [2.75, 3.05) is 5.32 Å². The van der Waals surface area contributed by atoms with E-state index in [0.717, 1.165) is 51.4 Å². The van der Waals surface area contributed by atoms with Crippen LogP contribution in [0.25, 0.3) is 0 Å². The molecule has 1 N–H and O–H groups in total. The van der Waals surface area contributed by atoms with Crippen LogP contribution in [0.2, 0.25) is 0 Å². The molecule has 0 bridgehead atoms. The van der Waals surface area contributed by atoms with Crippen molar-refractivity contribution in [2.24, 2.45) is 0 Å². The first-order chi connectivity index (χ1) is 14.2. The summed E-state index contributed by atoms with van der Waals surface area (Å²) < 4.78 is 5.33. The van der Waals surface area contributed by atoms with Gasteiger partial charge in [0.05, 0.1) is 0 Å². The van der Waals surface area contributed by atoms with Crippen LogP contribution in [-0.2, 0) is 0 Å². The van der Waals surface area contributed by atoms with Gasteiger partial charge in [0.25, 0.3) is 11.8 Å². The lowest BCUT2D eigenvalue weighted by molar-refractivity contribution is 0.0408. The molecule has 2 fully saturated rings. The maximum absolute atomic E-state index is 13.4. The minimum atomic E-state index is -0.437. The second-order valence-corrected chi connectivity index (χ2v) is 8.04. The summed E-state index contributed by atoms with van der Waals surface area (Å²) in [4.78, 5) is 31.9. The summed E-state index contributed by atoms with van der Waals surface area (Å²) in [6.45, 7) is 0. The molecule has 0 radical (unpaired) electrons. The Bertz CT molecular complexity index is 806. The first-order valence-corrected chi connectivity index (χ1v) is 10.7. The van der Waals surface area contributed by atoms with Gasteiger partial charge in [0.15, 0.2) is 5.69 Å². The van der Waals surface area contributed by atoms with Crippen LogP contribution in [0.15, 0.2) is 35.0 Å². The summed E-state index contributed by atoms with van der Waals surface area (Å²) in [5, 5.41) is 6.51. The topological polar surface area (TPSA) is 88.3 Å². The van der Waals surface area contributed by atoms with Crippen LogP contribution >= 0.6 is 0 Å². The SMILES string of the molecule is O=C(Nc1ccccn1)c1cc(C(=O)N(C2CCCCC2)C2CCCCC2)on1. The first kappa shape index (κ1) is 19.6. The maximum Gasteiger partial charge on any atom is 0.292 e. The molecule has 2 heterocycles. The van der Waals surface area contributed by atoms with Crippen molar-refractivity contribution in [3.8, 4) is 0 Å². The second kappa shape index (κ2) is 9.20. The van der Waals surface area contributed by atoms with Crippen LogP contribution in [-0.4, -0.2) is 38.9 Å². The summed E-state index contributed by atoms with van der Waals surface area (Å²) in [6.07, 6.45) is 12.9. The fraction of sp³-hybridized carbons (Fsp3) is 0.545. The number of hydrogen-bond acceptors (Lipinski definition) is 5. The number of carbonyl (C=O) groups is 2. The van der Waals surface area contributed by atoms with Crippen molar-refractivity contribution in [3.05, 3.63) is 41.9 Å². The van der Waals surface area contributed by atoms with E-state index in [4.69, 9.17) is 4.52 Å². The molecular formula is C22H28N4O3. The minimum Gasteiger partial charge on any atom is -0.350 e. The number of nitrogens with zero attached hydrogens (tertiary/aromatic N) is 3. The lowest BCUT2D eigenvalue weighted by Crippen LogP contribution is -2.48. The van der Waals surface area contributed by atoms with Gasteiger partial charge in [-0.15, -0.1) is 0 Å². The average Bonchev–Trinajstić information content (AvgIpc) is 3.27. The summed E-state index contributed by atoms with van der Waals surface area (Å²) >= 11 is 0. The number of amides is 2. The van der Waals surface area contributed by atoms with E-state index >= 15 is 0 Å². The Labute approximate surface area is 170 Å². The predicted molar refractivity (Wildman–Crippen MR) is 109 cm³/mol. The molecule has 2 saturated carbocycles. The van der Waals surface area contributed by atoms with Gasteiger partial charge in [-0.1, -0.05) is 49.7 Å². The van der Waals surface area contributed by atoms with E-state index < -0.39 is 5.91 Å². The molecule has 7 heteroatoms. The molecule has 0 unspecified atom stereocenters. The van der Waals surface area contributed by atoms with E-state index in [9.17, 15) is 9.59 Å². The molecule has 2 aliphatic rings. The van der Waals surface area contributed by atoms with E-state index in [1.165, 1.54) is 18.9 Å². The third-order valence-corrected chi connectivity index (χ3v) is 6.03. The fourth-order valence-electron chi connectivity index (χ4n) is 4.58. The molecule has 154 valence electrons. The van der Waals surface area contributed by atoms with E-state index in [2.05, 4.69) is 20.4 Å². The third-order valence-electron chi connectivity index (χ3n) is 6.03. The molecule has 4 rings (SSSR count). The highest BCUT2D eigenvalue weighted by Gasteiger charge is 2.35. The van der Waals surface area contributed by atoms with Crippen molar-refractivity contribution in [1.82, 2.24) is 15.0 Å². The van der Waals surface area contributed by atoms with Gasteiger partial charge in [-0.2, -0.15) is 0 Å². The number of carbonyl (C=O) groups excluding carboxylic acids is 2. The van der Waals surface area contributed by atoms with Gasteiger partial charge in [-0.3, -0.25) is 9.59 Å². The summed E-state index contributed by atoms with van der Waals surface area (Å²) in [5.74, 6) is 0.00769. The van der Waals surface area contributed by atoms with Crippen LogP contribution < -0.4 is 5.32 Å². The predicted octanol–water partition coefficient (Wildman–Crippen LogP) is 4.43. The van der Waals surface area contributed by atoms with E-state index in [-0.39, 0.29) is 29.4 Å². The highest BCUT2D eigenvalue weighted by Crippen LogP contribution is 2.31. The quantitative estimate of drug-likeness (QED) is 0.808. The standard InChI is InChI=1S/C22H28N4O3/c27-21(24-20-13-7-8-14-23-20)18-15-19(29-25-18)22(28)26(16-9-3-1-4-10-16)17-11-5-2-6-12-17/h7-8,13-17H,1-6,9-12H2,(H,23,24,27). The Morgan fingerprint density at radius 2 is 1.62 bits per heavy atom. The Hall–Kier alpha value is -2.70. The van der Waals surface area contributed by atoms with Crippen LogP contribution in [0.4, 0.5) is 5.82 Å². The van der Waals surface area contributed by atoms with Crippen molar-refractivity contribution >= 4 is 17.6 Å². The van der Waals surface area contributed by atoms with Gasteiger partial charge in [-0.05, 0) is 37.8 Å². The van der Waals surface area contributed by atoms with E-state index in [0.29, 0.717) is 5.82 Å². The summed E-state index contributed by atoms with van der Waals surface area (Å²) in [7, 11) is 0. The molecule has 0 spiro atoms. The molecule has 0 saturated heterocycles. The molecular weight excluding hydrogens is 368 g/mol. The van der Waals surface area contributed by atoms with Gasteiger partial charge in [0.2, 0.25) is 5.76 Å². The highest BCUT2D eigenvalue weighted by molar-refractivity contribution is 6.03. The minimum absolute atomic E-state index is 0.0891. The van der Waals surface area contributed by atoms with Crippen LogP contribution in [0, 0.1) is 0 Å². The summed E-state index contributed by atoms with van der Waals surface area (Å²) in [5.41, 5.74) is 0.0891. The zero-order valence-electron chi connectivity index (χ0n) is 16.7. The Morgan fingerprint density at radius 1 is 0.966 bits per heavy atom. The Balaban J connectivity index is 1.50. The zero-order valence-corrected chi connectivity index (χ0v) is 16.7. The number of rotatable bonds is 5. The van der Waals surface area contributed by atoms with Gasteiger partial charge < -0.3 is 14.7 Å². The largest absolute Gasteiger partial charge is 0.350 e. The Morgan fingerprint density at radius 3 is 2.21 bits per heavy atom. The maximum atomic E-state index is 13.4. The van der Waals surface area contributed by atoms with Gasteiger partial charge in [0.1, 0.15) is 5.82 Å². The van der Waals surface area contributed by atoms with Gasteiger partial charge in [0, 0.05) is 24.3 Å². The van der Waals surface area contributed by atoms with Gasteiger partial charge in [-0.25, -0.2) is 4.98 Å². The van der Waals surface area contributed by atoms with Gasteiger partial charge >= 0.3 is 0 Å². The fourth-order valence-corrected chi connectivity index (χ4v) is 4.58. The number of hydrogen-bond donors (Lipinski definition) is 1. The lowest BCUT2D eigenvalue weighted by atomic mass is 9.88. The molecule has 0 aliphatic heterocycles. The molecule has 2 aromatic heterocycles. The first-order valence-electron chi connectivity index (χ1n) is 10.7. The monoisotopic (exact) mass is 396 g/mol. The van der Waals surface area contributed by atoms with Crippen molar-refractivity contribution in [1.29, 1.82) is 0 Å². The molecule has 0 aromatic carbocycles. The molecule has 29 heavy (non-hydrogen) atoms. The zero-order chi connectivity index (χ0) is 20.1. The number of aromatic nitrogens is 2. The van der Waals surface area contributed by atoms with E-state index in [1.807, 2.05) is 0 Å². The van der Waals surface area contributed by atoms with Crippen molar-refractivity contribution in [3.63, 3.8) is 0 Å². The summed E-state index contributed by atoms with van der Waals surface area (Å²) in [6, 6.07) is 7.22. The molecule has 2 amide bonds. The molecule has 2 aromatic rings. The van der Waals surface area contributed by atoms with Crippen LogP contribution in [0.1, 0.15) is 85.3 Å². The second-order valence-electron chi connectivity index (χ2n) is 8.04. The molecule has 2 aliphatic carbocycles. The number of anilines is 1.